The van der Waals surface area contributed by atoms with Crippen LogP contribution in [0.15, 0.2) is 27.0 Å². The molecule has 172 valence electrons. The molecule has 0 amide bonds. The van der Waals surface area contributed by atoms with Crippen molar-refractivity contribution in [1.82, 2.24) is 8.61 Å². The summed E-state index contributed by atoms with van der Waals surface area (Å²) in [6, 6.07) is 4.09. The van der Waals surface area contributed by atoms with Crippen LogP contribution in [0.5, 0.6) is 0 Å². The third-order valence-corrected chi connectivity index (χ3v) is 8.90. The number of hydrazone groups is 1. The molecule has 11 nitrogen and oxygen atoms in total. The number of anilines is 1. The second-order valence-electron chi connectivity index (χ2n) is 6.39. The van der Waals surface area contributed by atoms with E-state index in [-0.39, 0.29) is 36.8 Å². The van der Waals surface area contributed by atoms with Crippen LogP contribution in [-0.4, -0.2) is 63.2 Å². The number of amidine groups is 1. The van der Waals surface area contributed by atoms with Gasteiger partial charge in [0.05, 0.1) is 5.69 Å². The maximum atomic E-state index is 13.3. The molecule has 0 saturated carbocycles. The summed E-state index contributed by atoms with van der Waals surface area (Å²) < 4.78 is 55.4. The Balaban J connectivity index is 3.88. The number of nitrogens with one attached hydrogen (secondary N) is 2. The van der Waals surface area contributed by atoms with Crippen molar-refractivity contribution in [2.45, 2.75) is 44.4 Å². The molecule has 0 bridgehead atoms. The highest BCUT2D eigenvalue weighted by atomic mass is 32.2. The van der Waals surface area contributed by atoms with Crippen LogP contribution in [0.25, 0.3) is 0 Å². The van der Waals surface area contributed by atoms with Crippen molar-refractivity contribution >= 4 is 37.3 Å². The summed E-state index contributed by atoms with van der Waals surface area (Å²) in [7, 11) is -8.25. The lowest BCUT2D eigenvalue weighted by atomic mass is 10.2. The van der Waals surface area contributed by atoms with E-state index in [1.807, 2.05) is 0 Å². The molecule has 0 unspecified atom stereocenters. The van der Waals surface area contributed by atoms with E-state index in [1.165, 1.54) is 16.4 Å². The van der Waals surface area contributed by atoms with Gasteiger partial charge in [-0.15, -0.1) is 0 Å². The Morgan fingerprint density at radius 1 is 1.03 bits per heavy atom. The molecule has 0 spiro atoms. The Hall–Kier alpha value is -2.53. The molecule has 4 N–H and O–H groups in total. The molecule has 1 aromatic carbocycles. The standard InChI is InChI=1S/C18H29N7O4S2/c1-6-24(7-2)30(26,27)16-10-13(5)14(22-23-15(12-19)18(20)21)11-17(16)31(28,29)25(8-3)9-4/h10-11,22H,6-9H2,1-5H3,(H3,20,21)/b23-15+. The van der Waals surface area contributed by atoms with Crippen LogP contribution in [-0.2, 0) is 20.0 Å². The summed E-state index contributed by atoms with van der Waals surface area (Å²) in [6.07, 6.45) is 0. The lowest BCUT2D eigenvalue weighted by molar-refractivity contribution is 0.434. The normalized spacial score (nSPS) is 12.8. The van der Waals surface area contributed by atoms with Crippen molar-refractivity contribution in [3.8, 4) is 6.07 Å². The number of nitriles is 1. The third kappa shape index (κ3) is 5.59. The van der Waals surface area contributed by atoms with Crippen LogP contribution in [0, 0.1) is 23.7 Å². The number of rotatable bonds is 11. The molecule has 0 aromatic heterocycles. The van der Waals surface area contributed by atoms with Gasteiger partial charge in [-0.25, -0.2) is 16.8 Å². The van der Waals surface area contributed by atoms with Crippen LogP contribution in [0.1, 0.15) is 33.3 Å². The molecule has 0 heterocycles. The van der Waals surface area contributed by atoms with E-state index in [1.54, 1.807) is 40.7 Å². The first-order valence-electron chi connectivity index (χ1n) is 9.65. The van der Waals surface area contributed by atoms with Crippen LogP contribution >= 0.6 is 0 Å². The van der Waals surface area contributed by atoms with Crippen molar-refractivity contribution < 1.29 is 16.8 Å². The molecule has 0 aliphatic rings. The first-order chi connectivity index (χ1) is 14.4. The second kappa shape index (κ2) is 10.7. The summed E-state index contributed by atoms with van der Waals surface area (Å²) in [5, 5.41) is 20.1. The smallest absolute Gasteiger partial charge is 0.244 e. The zero-order valence-corrected chi connectivity index (χ0v) is 19.9. The van der Waals surface area contributed by atoms with Crippen molar-refractivity contribution in [2.24, 2.45) is 10.8 Å². The largest absolute Gasteiger partial charge is 0.382 e. The lowest BCUT2D eigenvalue weighted by Crippen LogP contribution is -2.35. The van der Waals surface area contributed by atoms with Crippen molar-refractivity contribution in [3.05, 3.63) is 17.7 Å². The predicted molar refractivity (Wildman–Crippen MR) is 120 cm³/mol. The molecule has 0 aliphatic heterocycles. The van der Waals surface area contributed by atoms with E-state index in [9.17, 15) is 16.8 Å². The van der Waals surface area contributed by atoms with Gasteiger partial charge in [0.2, 0.25) is 25.8 Å². The highest BCUT2D eigenvalue weighted by Crippen LogP contribution is 2.32. The highest BCUT2D eigenvalue weighted by Gasteiger charge is 2.33. The predicted octanol–water partition coefficient (Wildman–Crippen LogP) is 1.28. The van der Waals surface area contributed by atoms with Crippen molar-refractivity contribution in [1.29, 1.82) is 10.7 Å². The van der Waals surface area contributed by atoms with Crippen LogP contribution in [0.2, 0.25) is 0 Å². The zero-order chi connectivity index (χ0) is 24.0. The monoisotopic (exact) mass is 471 g/mol. The van der Waals surface area contributed by atoms with Gasteiger partial charge in [0.15, 0.2) is 5.84 Å². The lowest BCUT2D eigenvalue weighted by Gasteiger charge is -2.24. The number of nitrogens with zero attached hydrogens (tertiary/aromatic N) is 4. The van der Waals surface area contributed by atoms with Crippen LogP contribution < -0.4 is 11.2 Å². The minimum atomic E-state index is -4.16. The summed E-state index contributed by atoms with van der Waals surface area (Å²) in [5.41, 5.74) is 7.95. The van der Waals surface area contributed by atoms with E-state index < -0.39 is 36.5 Å². The zero-order valence-electron chi connectivity index (χ0n) is 18.3. The van der Waals surface area contributed by atoms with E-state index >= 15 is 0 Å². The Kier molecular flexibility index (Phi) is 9.12. The fourth-order valence-electron chi connectivity index (χ4n) is 2.85. The molecule has 1 rings (SSSR count). The van der Waals surface area contributed by atoms with Crippen LogP contribution in [0.4, 0.5) is 5.69 Å². The second-order valence-corrected chi connectivity index (χ2v) is 10.2. The molecule has 0 fully saturated rings. The van der Waals surface area contributed by atoms with Crippen molar-refractivity contribution in [3.63, 3.8) is 0 Å². The quantitative estimate of drug-likeness (QED) is 0.247. The average molecular weight is 472 g/mol. The van der Waals surface area contributed by atoms with Gasteiger partial charge in [0, 0.05) is 26.2 Å². The van der Waals surface area contributed by atoms with Crippen LogP contribution in [0.3, 0.4) is 0 Å². The summed E-state index contributed by atoms with van der Waals surface area (Å²) >= 11 is 0. The van der Waals surface area contributed by atoms with E-state index in [4.69, 9.17) is 16.4 Å². The number of hydrogen-bond acceptors (Lipinski definition) is 8. The summed E-state index contributed by atoms with van der Waals surface area (Å²) in [6.45, 7) is 8.89. The van der Waals surface area contributed by atoms with E-state index in [2.05, 4.69) is 10.5 Å². The number of hydrogen-bond donors (Lipinski definition) is 3. The summed E-state index contributed by atoms with van der Waals surface area (Å²) in [4.78, 5) is -0.727. The highest BCUT2D eigenvalue weighted by molar-refractivity contribution is 7.92. The molecule has 31 heavy (non-hydrogen) atoms. The number of benzene rings is 1. The fourth-order valence-corrected chi connectivity index (χ4v) is 6.62. The fraction of sp³-hybridized carbons (Fsp3) is 0.500. The third-order valence-electron chi connectivity index (χ3n) is 4.59. The van der Waals surface area contributed by atoms with Gasteiger partial charge in [0.25, 0.3) is 0 Å². The minimum absolute atomic E-state index is 0.154. The maximum absolute atomic E-state index is 13.3. The average Bonchev–Trinajstić information content (AvgIpc) is 2.70. The Morgan fingerprint density at radius 2 is 1.45 bits per heavy atom. The topological polar surface area (TPSA) is 173 Å². The molecule has 0 radical (unpaired) electrons. The van der Waals surface area contributed by atoms with Gasteiger partial charge >= 0.3 is 0 Å². The van der Waals surface area contributed by atoms with Gasteiger partial charge < -0.3 is 5.73 Å². The first-order valence-corrected chi connectivity index (χ1v) is 12.5. The Bertz CT molecular complexity index is 1100. The molecular weight excluding hydrogens is 442 g/mol. The Labute approximate surface area is 184 Å². The minimum Gasteiger partial charge on any atom is -0.382 e. The maximum Gasteiger partial charge on any atom is 0.244 e. The van der Waals surface area contributed by atoms with E-state index in [0.717, 1.165) is 4.31 Å². The van der Waals surface area contributed by atoms with Gasteiger partial charge in [0.1, 0.15) is 15.9 Å². The number of nitrogens with two attached hydrogens (primary N) is 1. The molecule has 13 heteroatoms. The summed E-state index contributed by atoms with van der Waals surface area (Å²) in [5.74, 6) is -0.565. The molecule has 1 aromatic rings. The Morgan fingerprint density at radius 3 is 1.81 bits per heavy atom. The van der Waals surface area contributed by atoms with Gasteiger partial charge in [-0.2, -0.15) is 19.0 Å². The van der Waals surface area contributed by atoms with Gasteiger partial charge in [-0.1, -0.05) is 27.7 Å². The molecule has 0 saturated heterocycles. The first kappa shape index (κ1) is 26.5. The molecule has 0 aliphatic carbocycles. The van der Waals surface area contributed by atoms with E-state index in [0.29, 0.717) is 5.56 Å². The SMILES string of the molecule is CCN(CC)S(=O)(=O)c1cc(C)c(N/N=C(\C#N)C(=N)N)cc1S(=O)(=O)N(CC)CC. The molecular formula is C18H29N7O4S2. The molecule has 0 atom stereocenters. The van der Waals surface area contributed by atoms with Gasteiger partial charge in [-0.3, -0.25) is 10.8 Å². The number of sulfonamides is 2. The number of aryl methyl sites for hydroxylation is 1. The van der Waals surface area contributed by atoms with Gasteiger partial charge in [-0.05, 0) is 24.6 Å². The van der Waals surface area contributed by atoms with Crippen molar-refractivity contribution in [2.75, 3.05) is 31.6 Å².